The number of nitrogens with zero attached hydrogens (tertiary/aromatic N) is 3. The number of hydrogen-bond acceptors (Lipinski definition) is 12. The molecule has 23 heteroatoms. The molecule has 2 aromatic heterocycles. The van der Waals surface area contributed by atoms with Crippen LogP contribution in [0.1, 0.15) is 124 Å². The predicted octanol–water partition coefficient (Wildman–Crippen LogP) is 5.95. The van der Waals surface area contributed by atoms with Crippen molar-refractivity contribution < 1.29 is 69.7 Å². The Morgan fingerprint density at radius 1 is 0.868 bits per heavy atom. The zero-order valence-corrected chi connectivity index (χ0v) is 42.8. The summed E-state index contributed by atoms with van der Waals surface area (Å²) in [5, 5.41) is 11.2. The molecule has 76 heavy (non-hydrogen) atoms. The van der Waals surface area contributed by atoms with E-state index in [-0.39, 0.29) is 96.8 Å². The molecule has 3 aromatic rings. The predicted molar refractivity (Wildman–Crippen MR) is 264 cm³/mol. The Hall–Kier alpha value is -6.33. The molecule has 2 saturated heterocycles. The fourth-order valence-corrected chi connectivity index (χ4v) is 10.7. The maximum atomic E-state index is 15.5. The highest BCUT2D eigenvalue weighted by atomic mass is 19.4. The molecule has 1 aromatic carbocycles. The van der Waals surface area contributed by atoms with Gasteiger partial charge in [0.15, 0.2) is 17.2 Å². The van der Waals surface area contributed by atoms with Crippen LogP contribution < -0.4 is 31.7 Å². The Kier molecular flexibility index (Phi) is 19.4. The lowest BCUT2D eigenvalue weighted by molar-refractivity contribution is -0.272. The summed E-state index contributed by atoms with van der Waals surface area (Å²) in [4.78, 5) is 86.2. The average molecular weight is 1070 g/mol. The summed E-state index contributed by atoms with van der Waals surface area (Å²) in [6, 6.07) is 7.39. The number of carbonyl (C=O) groups excluding carboxylic acids is 6. The topological polar surface area (TPSA) is 242 Å². The van der Waals surface area contributed by atoms with E-state index in [1.807, 2.05) is 6.07 Å². The molecular formula is C53H67F5N8O10. The first-order valence-corrected chi connectivity index (χ1v) is 25.9. The third-order valence-corrected chi connectivity index (χ3v) is 15.2. The lowest BCUT2D eigenvalue weighted by atomic mass is 9.77. The number of carbonyl (C=O) groups is 6. The molecule has 7 rings (SSSR count). The number of rotatable bonds is 22. The largest absolute Gasteiger partial charge is 0.490 e. The van der Waals surface area contributed by atoms with Crippen LogP contribution in [0.4, 0.5) is 27.6 Å². The van der Waals surface area contributed by atoms with Crippen molar-refractivity contribution in [1.29, 1.82) is 0 Å². The van der Waals surface area contributed by atoms with Gasteiger partial charge in [-0.2, -0.15) is 17.6 Å². The van der Waals surface area contributed by atoms with E-state index in [1.54, 1.807) is 30.4 Å². The van der Waals surface area contributed by atoms with Crippen molar-refractivity contribution >= 4 is 41.1 Å². The van der Waals surface area contributed by atoms with Gasteiger partial charge in [0.1, 0.15) is 11.8 Å². The second-order valence-corrected chi connectivity index (χ2v) is 20.2. The first kappa shape index (κ1) is 57.4. The van der Waals surface area contributed by atoms with Crippen molar-refractivity contribution in [3.05, 3.63) is 83.4 Å². The highest BCUT2D eigenvalue weighted by molar-refractivity contribution is 5.97. The van der Waals surface area contributed by atoms with Crippen LogP contribution >= 0.6 is 0 Å². The van der Waals surface area contributed by atoms with E-state index in [0.29, 0.717) is 58.3 Å². The highest BCUT2D eigenvalue weighted by Crippen LogP contribution is 2.55. The number of ether oxygens (including phenoxy) is 4. The molecule has 2 saturated carbocycles. The maximum Gasteiger partial charge on any atom is 0.417 e. The van der Waals surface area contributed by atoms with Crippen molar-refractivity contribution in [3.63, 3.8) is 0 Å². The molecule has 0 unspecified atom stereocenters. The Labute approximate surface area is 437 Å². The van der Waals surface area contributed by atoms with E-state index in [1.165, 1.54) is 13.0 Å². The number of primary amides is 1. The second kappa shape index (κ2) is 25.7. The summed E-state index contributed by atoms with van der Waals surface area (Å²) in [6.45, 7) is 2.89. The number of hydrogen-bond donors (Lipinski definition) is 5. The van der Waals surface area contributed by atoms with Crippen LogP contribution in [0.5, 0.6) is 5.75 Å². The summed E-state index contributed by atoms with van der Waals surface area (Å²) >= 11 is 0. The van der Waals surface area contributed by atoms with Gasteiger partial charge in [-0.25, -0.2) is 4.39 Å². The average Bonchev–Trinajstić information content (AvgIpc) is 3.94. The van der Waals surface area contributed by atoms with Gasteiger partial charge in [-0.15, -0.1) is 0 Å². The molecule has 4 heterocycles. The molecule has 2 aliphatic heterocycles. The summed E-state index contributed by atoms with van der Waals surface area (Å²) in [5.41, 5.74) is 2.71. The van der Waals surface area contributed by atoms with E-state index in [2.05, 4.69) is 31.2 Å². The molecule has 6 amide bonds. The quantitative estimate of drug-likeness (QED) is 0.0579. The number of nitrogens with two attached hydrogens (primary N) is 1. The third-order valence-electron chi connectivity index (χ3n) is 15.2. The Morgan fingerprint density at radius 2 is 1.57 bits per heavy atom. The summed E-state index contributed by atoms with van der Waals surface area (Å²) in [7, 11) is 1.70. The van der Waals surface area contributed by atoms with Crippen molar-refractivity contribution in [2.45, 2.75) is 139 Å². The van der Waals surface area contributed by atoms with Gasteiger partial charge < -0.3 is 50.8 Å². The molecular weight excluding hydrogens is 1000 g/mol. The third kappa shape index (κ3) is 14.0. The van der Waals surface area contributed by atoms with Crippen molar-refractivity contribution in [2.75, 3.05) is 45.3 Å². The van der Waals surface area contributed by atoms with Gasteiger partial charge in [-0.3, -0.25) is 38.7 Å². The Morgan fingerprint density at radius 3 is 2.24 bits per heavy atom. The van der Waals surface area contributed by atoms with E-state index >= 15 is 4.39 Å². The first-order chi connectivity index (χ1) is 36.2. The normalized spacial score (nSPS) is 26.7. The van der Waals surface area contributed by atoms with E-state index in [0.717, 1.165) is 62.6 Å². The smallest absolute Gasteiger partial charge is 0.417 e. The lowest BCUT2D eigenvalue weighted by Gasteiger charge is -2.32. The van der Waals surface area contributed by atoms with Crippen molar-refractivity contribution in [3.8, 4) is 5.75 Å². The van der Waals surface area contributed by atoms with Gasteiger partial charge >= 0.3 is 6.18 Å². The first-order valence-electron chi connectivity index (χ1n) is 25.9. The minimum atomic E-state index is -4.99. The minimum Gasteiger partial charge on any atom is -0.490 e. The summed E-state index contributed by atoms with van der Waals surface area (Å²) in [5.74, 6) is -9.91. The number of alkyl halides is 3. The Balaban J connectivity index is 0.767. The van der Waals surface area contributed by atoms with Crippen molar-refractivity contribution in [1.82, 2.24) is 30.8 Å². The molecule has 6 N–H and O–H groups in total. The molecule has 0 radical (unpaired) electrons. The fourth-order valence-electron chi connectivity index (χ4n) is 10.7. The van der Waals surface area contributed by atoms with Gasteiger partial charge in [0.25, 0.3) is 11.8 Å². The molecule has 2 aliphatic carbocycles. The van der Waals surface area contributed by atoms with Gasteiger partial charge in [-0.1, -0.05) is 19.1 Å². The van der Waals surface area contributed by atoms with Crippen LogP contribution in [0, 0.1) is 29.4 Å². The number of aromatic nitrogens is 2. The zero-order chi connectivity index (χ0) is 54.7. The second-order valence-electron chi connectivity index (χ2n) is 20.2. The number of benzene rings is 1. The van der Waals surface area contributed by atoms with Crippen LogP contribution in [-0.4, -0.2) is 126 Å². The number of halogens is 5. The maximum absolute atomic E-state index is 15.5. The standard InChI is InChI=1S/C53H67F5N8O10/c1-30-43(47(76-52(30,2)53(56,57)58)51(72)65-34-19-22-61-40(27-34)48(59)69)37-17-18-39(54)44(55)46(37)75-25-6-21-62-49(70)31-9-11-33(12-10-31)64-41(67)8-5-24-73-35-13-15-36(16-14-35)74-26-23-63-50(71)38-28-42(68)66(3)45(38)32-7-4-20-60-29-32/h4,7,17-20,22,27,29-31,33,35-36,38,43,45,47H,5-6,8-16,21,23-26,28H2,1-3H3,(H2,59,69)(H,62,70)(H,63,71)(H,64,67)(H,61,65,72)/t30-,31?,33?,35?,36?,38-,43-,45+,47+,52+/m0/s1. The van der Waals surface area contributed by atoms with Crippen LogP contribution in [0.15, 0.2) is 55.0 Å². The van der Waals surface area contributed by atoms with Crippen LogP contribution in [0.2, 0.25) is 0 Å². The van der Waals surface area contributed by atoms with Gasteiger partial charge in [0.05, 0.1) is 37.4 Å². The molecule has 4 aliphatic rings. The highest BCUT2D eigenvalue weighted by Gasteiger charge is 2.66. The van der Waals surface area contributed by atoms with Gasteiger partial charge in [0.2, 0.25) is 29.4 Å². The monoisotopic (exact) mass is 1070 g/mol. The van der Waals surface area contributed by atoms with Gasteiger partial charge in [0, 0.05) is 93.2 Å². The molecule has 6 atom stereocenters. The molecule has 4 fully saturated rings. The van der Waals surface area contributed by atoms with Crippen LogP contribution in [0.3, 0.4) is 0 Å². The van der Waals surface area contributed by atoms with Gasteiger partial charge in [-0.05, 0) is 101 Å². The molecule has 414 valence electrons. The summed E-state index contributed by atoms with van der Waals surface area (Å²) < 4.78 is 97.1. The van der Waals surface area contributed by atoms with E-state index < -0.39 is 64.8 Å². The zero-order valence-electron chi connectivity index (χ0n) is 42.8. The lowest BCUT2D eigenvalue weighted by Crippen LogP contribution is -2.47. The number of nitrogens with one attached hydrogen (secondary N) is 4. The molecule has 0 spiro atoms. The van der Waals surface area contributed by atoms with E-state index in [4.69, 9.17) is 24.7 Å². The summed E-state index contributed by atoms with van der Waals surface area (Å²) in [6.07, 6.45) is 4.38. The number of anilines is 1. The van der Waals surface area contributed by atoms with Crippen molar-refractivity contribution in [2.24, 2.45) is 23.5 Å². The molecule has 18 nitrogen and oxygen atoms in total. The SMILES string of the molecule is C[C@H]1[C@@H](c2ccc(F)c(F)c2OCCCNC(=O)C2CCC(NC(=O)CCCOC3CCC(OCCNC(=O)[C@H]4CC(=O)N(C)[C@@H]4c4cccnc4)CC3)CC2)[C@H](C(=O)Nc2ccnc(C(N)=O)c2)O[C@@]1(C)C(F)(F)F. The minimum absolute atomic E-state index is 0.0232. The van der Waals surface area contributed by atoms with Crippen LogP contribution in [0.25, 0.3) is 0 Å². The van der Waals surface area contributed by atoms with E-state index in [9.17, 15) is 46.3 Å². The number of likely N-dealkylation sites (tertiary alicyclic amines) is 1. The van der Waals surface area contributed by atoms with Crippen LogP contribution in [-0.2, 0) is 38.2 Å². The fraction of sp³-hybridized carbons (Fsp3) is 0.585. The number of amides is 6. The molecule has 0 bridgehead atoms. The number of pyridine rings is 2. The Bertz CT molecular complexity index is 2530.